The summed E-state index contributed by atoms with van der Waals surface area (Å²) < 4.78 is 1.10. The van der Waals surface area contributed by atoms with Gasteiger partial charge in [-0.2, -0.15) is 0 Å². The monoisotopic (exact) mass is 277 g/mol. The van der Waals surface area contributed by atoms with Gasteiger partial charge in [-0.25, -0.2) is 0 Å². The summed E-state index contributed by atoms with van der Waals surface area (Å²) in [7, 11) is 0. The zero-order valence-corrected chi connectivity index (χ0v) is 10.5. The second-order valence-electron chi connectivity index (χ2n) is 3.49. The molecule has 0 bridgehead atoms. The second kappa shape index (κ2) is 5.07. The van der Waals surface area contributed by atoms with Crippen LogP contribution in [0.3, 0.4) is 0 Å². The van der Waals surface area contributed by atoms with Crippen molar-refractivity contribution in [3.63, 3.8) is 0 Å². The fraction of sp³-hybridized carbons (Fsp3) is 0.167. The summed E-state index contributed by atoms with van der Waals surface area (Å²) in [6.45, 7) is 2.74. The maximum atomic E-state index is 4.21. The molecule has 0 unspecified atom stereocenters. The molecule has 1 heterocycles. The lowest BCUT2D eigenvalue weighted by Crippen LogP contribution is -2.02. The molecule has 0 spiro atoms. The Morgan fingerprint density at radius 1 is 1.31 bits per heavy atom. The van der Waals surface area contributed by atoms with Crippen LogP contribution < -0.4 is 5.32 Å². The average Bonchev–Trinajstić information content (AvgIpc) is 2.32. The molecule has 0 saturated heterocycles. The fourth-order valence-electron chi connectivity index (χ4n) is 1.39. The van der Waals surface area contributed by atoms with Crippen molar-refractivity contribution in [1.82, 2.24) is 9.97 Å². The summed E-state index contributed by atoms with van der Waals surface area (Å²) in [5, 5.41) is 3.32. The Kier molecular flexibility index (Phi) is 3.51. The summed E-state index contributed by atoms with van der Waals surface area (Å²) in [4.78, 5) is 8.23. The highest BCUT2D eigenvalue weighted by Crippen LogP contribution is 2.25. The predicted molar refractivity (Wildman–Crippen MR) is 68.2 cm³/mol. The van der Waals surface area contributed by atoms with Crippen LogP contribution in [0.2, 0.25) is 0 Å². The van der Waals surface area contributed by atoms with E-state index in [1.165, 1.54) is 5.56 Å². The van der Waals surface area contributed by atoms with Gasteiger partial charge in [-0.3, -0.25) is 9.97 Å². The van der Waals surface area contributed by atoms with Crippen molar-refractivity contribution in [2.75, 3.05) is 5.32 Å². The average molecular weight is 278 g/mol. The number of nitrogens with one attached hydrogen (secondary N) is 1. The van der Waals surface area contributed by atoms with Gasteiger partial charge in [0.25, 0.3) is 0 Å². The van der Waals surface area contributed by atoms with E-state index in [2.05, 4.69) is 44.2 Å². The van der Waals surface area contributed by atoms with Gasteiger partial charge < -0.3 is 5.32 Å². The van der Waals surface area contributed by atoms with E-state index in [1.54, 1.807) is 18.6 Å². The highest BCUT2D eigenvalue weighted by Gasteiger charge is 2.01. The minimum absolute atomic E-state index is 0.676. The van der Waals surface area contributed by atoms with Gasteiger partial charge in [-0.15, -0.1) is 0 Å². The highest BCUT2D eigenvalue weighted by atomic mass is 79.9. The first-order valence-corrected chi connectivity index (χ1v) is 5.80. The van der Waals surface area contributed by atoms with Gasteiger partial charge in [0.1, 0.15) is 0 Å². The SMILES string of the molecule is Cc1cccc(NCc2cnccn2)c1Br. The number of benzene rings is 1. The van der Waals surface area contributed by atoms with Crippen LogP contribution in [0.4, 0.5) is 5.69 Å². The van der Waals surface area contributed by atoms with E-state index in [1.807, 2.05) is 12.1 Å². The maximum absolute atomic E-state index is 4.21. The number of aryl methyl sites for hydroxylation is 1. The standard InChI is InChI=1S/C12H12BrN3/c1-9-3-2-4-11(12(9)13)16-8-10-7-14-5-6-15-10/h2-7,16H,8H2,1H3. The Bertz CT molecular complexity index is 471. The zero-order chi connectivity index (χ0) is 11.4. The zero-order valence-electron chi connectivity index (χ0n) is 8.94. The lowest BCUT2D eigenvalue weighted by Gasteiger charge is -2.09. The summed E-state index contributed by atoms with van der Waals surface area (Å²) in [5.41, 5.74) is 3.21. The van der Waals surface area contributed by atoms with Crippen LogP contribution in [0.25, 0.3) is 0 Å². The molecule has 4 heteroatoms. The van der Waals surface area contributed by atoms with Crippen LogP contribution in [0.5, 0.6) is 0 Å². The molecule has 1 aromatic carbocycles. The topological polar surface area (TPSA) is 37.8 Å². The Morgan fingerprint density at radius 2 is 2.19 bits per heavy atom. The fourth-order valence-corrected chi connectivity index (χ4v) is 1.80. The molecule has 1 aromatic heterocycles. The van der Waals surface area contributed by atoms with E-state index in [4.69, 9.17) is 0 Å². The van der Waals surface area contributed by atoms with Crippen LogP contribution in [-0.4, -0.2) is 9.97 Å². The summed E-state index contributed by atoms with van der Waals surface area (Å²) in [6.07, 6.45) is 5.13. The summed E-state index contributed by atoms with van der Waals surface area (Å²) in [6, 6.07) is 6.13. The first-order valence-electron chi connectivity index (χ1n) is 5.01. The molecule has 82 valence electrons. The largest absolute Gasteiger partial charge is 0.378 e. The number of halogens is 1. The number of rotatable bonds is 3. The molecule has 0 aliphatic carbocycles. The predicted octanol–water partition coefficient (Wildman–Crippen LogP) is 3.16. The number of anilines is 1. The minimum Gasteiger partial charge on any atom is -0.378 e. The van der Waals surface area contributed by atoms with Gasteiger partial charge in [-0.05, 0) is 34.5 Å². The van der Waals surface area contributed by atoms with E-state index in [-0.39, 0.29) is 0 Å². The molecule has 0 atom stereocenters. The second-order valence-corrected chi connectivity index (χ2v) is 4.28. The smallest absolute Gasteiger partial charge is 0.0777 e. The summed E-state index contributed by atoms with van der Waals surface area (Å²) >= 11 is 3.56. The van der Waals surface area contributed by atoms with Crippen molar-refractivity contribution in [3.8, 4) is 0 Å². The van der Waals surface area contributed by atoms with Gasteiger partial charge >= 0.3 is 0 Å². The quantitative estimate of drug-likeness (QED) is 0.937. The van der Waals surface area contributed by atoms with Crippen LogP contribution in [0, 0.1) is 6.92 Å². The third kappa shape index (κ3) is 2.58. The molecular weight excluding hydrogens is 266 g/mol. The normalized spacial score (nSPS) is 10.1. The molecule has 0 fully saturated rings. The van der Waals surface area contributed by atoms with Gasteiger partial charge in [-0.1, -0.05) is 12.1 Å². The maximum Gasteiger partial charge on any atom is 0.0777 e. The molecule has 2 aromatic rings. The molecule has 3 nitrogen and oxygen atoms in total. The van der Waals surface area contributed by atoms with Crippen molar-refractivity contribution >= 4 is 21.6 Å². The molecule has 0 radical (unpaired) electrons. The molecular formula is C12H12BrN3. The molecule has 1 N–H and O–H groups in total. The number of hydrogen-bond donors (Lipinski definition) is 1. The molecule has 0 aliphatic heterocycles. The molecule has 2 rings (SSSR count). The van der Waals surface area contributed by atoms with E-state index in [0.29, 0.717) is 6.54 Å². The van der Waals surface area contributed by atoms with E-state index in [0.717, 1.165) is 15.9 Å². The van der Waals surface area contributed by atoms with E-state index < -0.39 is 0 Å². The Morgan fingerprint density at radius 3 is 2.94 bits per heavy atom. The Balaban J connectivity index is 2.08. The minimum atomic E-state index is 0.676. The van der Waals surface area contributed by atoms with Gasteiger partial charge in [0.2, 0.25) is 0 Å². The van der Waals surface area contributed by atoms with E-state index in [9.17, 15) is 0 Å². The third-order valence-corrected chi connectivity index (χ3v) is 3.32. The molecule has 0 aliphatic rings. The molecule has 16 heavy (non-hydrogen) atoms. The van der Waals surface area contributed by atoms with Gasteiger partial charge in [0, 0.05) is 22.6 Å². The molecule has 0 saturated carbocycles. The lowest BCUT2D eigenvalue weighted by molar-refractivity contribution is 1.01. The van der Waals surface area contributed by atoms with Crippen LogP contribution in [-0.2, 0) is 6.54 Å². The third-order valence-electron chi connectivity index (χ3n) is 2.27. The number of hydrogen-bond acceptors (Lipinski definition) is 3. The number of nitrogens with zero attached hydrogens (tertiary/aromatic N) is 2. The molecule has 0 amide bonds. The van der Waals surface area contributed by atoms with Gasteiger partial charge in [0.05, 0.1) is 18.4 Å². The van der Waals surface area contributed by atoms with Gasteiger partial charge in [0.15, 0.2) is 0 Å². The van der Waals surface area contributed by atoms with Crippen molar-refractivity contribution in [2.24, 2.45) is 0 Å². The van der Waals surface area contributed by atoms with Crippen LogP contribution in [0.15, 0.2) is 41.3 Å². The first kappa shape index (κ1) is 11.1. The van der Waals surface area contributed by atoms with Crippen molar-refractivity contribution in [1.29, 1.82) is 0 Å². The first-order chi connectivity index (χ1) is 7.77. The van der Waals surface area contributed by atoms with Crippen molar-refractivity contribution < 1.29 is 0 Å². The number of aromatic nitrogens is 2. The summed E-state index contributed by atoms with van der Waals surface area (Å²) in [5.74, 6) is 0. The van der Waals surface area contributed by atoms with Crippen molar-refractivity contribution in [2.45, 2.75) is 13.5 Å². The van der Waals surface area contributed by atoms with Crippen molar-refractivity contribution in [3.05, 3.63) is 52.5 Å². The Hall–Kier alpha value is -1.42. The van der Waals surface area contributed by atoms with E-state index >= 15 is 0 Å². The van der Waals surface area contributed by atoms with Crippen LogP contribution in [0.1, 0.15) is 11.3 Å². The highest BCUT2D eigenvalue weighted by molar-refractivity contribution is 9.10. The lowest BCUT2D eigenvalue weighted by atomic mass is 10.2. The van der Waals surface area contributed by atoms with Crippen LogP contribution >= 0.6 is 15.9 Å². The Labute approximate surface area is 103 Å².